The topological polar surface area (TPSA) is 72.2 Å². The number of nitrogens with one attached hydrogen (secondary N) is 1. The maximum atomic E-state index is 13.2. The van der Waals surface area contributed by atoms with Crippen molar-refractivity contribution in [3.05, 3.63) is 39.7 Å². The van der Waals surface area contributed by atoms with Crippen LogP contribution in [0, 0.1) is 21.8 Å². The molecule has 0 aliphatic rings. The van der Waals surface area contributed by atoms with Gasteiger partial charge in [-0.25, -0.2) is 0 Å². The van der Waals surface area contributed by atoms with Gasteiger partial charge in [-0.05, 0) is 25.0 Å². The van der Waals surface area contributed by atoms with Crippen molar-refractivity contribution >= 4 is 11.6 Å². The summed E-state index contributed by atoms with van der Waals surface area (Å²) in [7, 11) is 0. The van der Waals surface area contributed by atoms with Crippen LogP contribution in [0.1, 0.15) is 37.6 Å². The van der Waals surface area contributed by atoms with Gasteiger partial charge >= 0.3 is 5.69 Å². The number of hydrogen-bond donors (Lipinski definition) is 1. The number of nitrogens with zero attached hydrogens (tertiary/aromatic N) is 1. The highest BCUT2D eigenvalue weighted by Gasteiger charge is 2.19. The van der Waals surface area contributed by atoms with Crippen molar-refractivity contribution in [1.29, 1.82) is 0 Å². The van der Waals surface area contributed by atoms with E-state index in [2.05, 4.69) is 5.32 Å². The smallest absolute Gasteiger partial charge is 0.305 e. The van der Waals surface area contributed by atoms with Crippen LogP contribution < -0.4 is 5.32 Å². The summed E-state index contributed by atoms with van der Waals surface area (Å²) in [6.45, 7) is 5.87. The van der Waals surface area contributed by atoms with E-state index in [0.29, 0.717) is 5.92 Å². The fourth-order valence-corrected chi connectivity index (χ4v) is 1.58. The fourth-order valence-electron chi connectivity index (χ4n) is 1.58. The van der Waals surface area contributed by atoms with Crippen molar-refractivity contribution < 1.29 is 14.1 Å². The molecule has 0 saturated carbocycles. The molecule has 2 unspecified atom stereocenters. The molecule has 0 aliphatic carbocycles. The Morgan fingerprint density at radius 2 is 2.11 bits per heavy atom. The molecular formula is C13H17FN2O3. The molecule has 104 valence electrons. The van der Waals surface area contributed by atoms with E-state index in [-0.39, 0.29) is 11.6 Å². The van der Waals surface area contributed by atoms with Crippen molar-refractivity contribution in [1.82, 2.24) is 5.32 Å². The van der Waals surface area contributed by atoms with Crippen LogP contribution in [0.25, 0.3) is 0 Å². The van der Waals surface area contributed by atoms with Crippen molar-refractivity contribution in [2.75, 3.05) is 0 Å². The molecule has 0 aliphatic heterocycles. The van der Waals surface area contributed by atoms with Gasteiger partial charge in [0.05, 0.1) is 4.92 Å². The number of amides is 1. The summed E-state index contributed by atoms with van der Waals surface area (Å²) in [5.41, 5.74) is -0.605. The monoisotopic (exact) mass is 268 g/mol. The molecule has 19 heavy (non-hydrogen) atoms. The lowest BCUT2D eigenvalue weighted by molar-refractivity contribution is -0.387. The highest BCUT2D eigenvalue weighted by Crippen LogP contribution is 2.18. The van der Waals surface area contributed by atoms with Gasteiger partial charge in [0.15, 0.2) is 0 Å². The minimum Gasteiger partial charge on any atom is -0.349 e. The molecule has 6 heteroatoms. The molecule has 1 aromatic rings. The van der Waals surface area contributed by atoms with Crippen LogP contribution >= 0.6 is 0 Å². The van der Waals surface area contributed by atoms with Crippen LogP contribution in [-0.4, -0.2) is 16.9 Å². The Kier molecular flexibility index (Phi) is 4.97. The summed E-state index contributed by atoms with van der Waals surface area (Å²) in [5.74, 6) is -1.09. The minimum atomic E-state index is -0.948. The van der Waals surface area contributed by atoms with Gasteiger partial charge in [0.2, 0.25) is 5.82 Å². The largest absolute Gasteiger partial charge is 0.349 e. The number of benzene rings is 1. The lowest BCUT2D eigenvalue weighted by Gasteiger charge is -2.19. The summed E-state index contributed by atoms with van der Waals surface area (Å²) < 4.78 is 13.2. The third-order valence-corrected chi connectivity index (χ3v) is 3.26. The number of rotatable bonds is 5. The molecule has 0 bridgehead atoms. The van der Waals surface area contributed by atoms with Gasteiger partial charge in [0.25, 0.3) is 5.91 Å². The van der Waals surface area contributed by atoms with Crippen LogP contribution in [0.2, 0.25) is 0 Å². The van der Waals surface area contributed by atoms with Gasteiger partial charge in [-0.3, -0.25) is 14.9 Å². The molecule has 0 spiro atoms. The number of carbonyl (C=O) groups is 1. The highest BCUT2D eigenvalue weighted by atomic mass is 19.1. The molecular weight excluding hydrogens is 251 g/mol. The molecule has 0 fully saturated rings. The standard InChI is InChI=1S/C13H17FN2O3/c1-4-8(2)9(3)15-13(17)10-5-6-11(14)12(7-10)16(18)19/h5-9H,4H2,1-3H3,(H,15,17). The maximum Gasteiger partial charge on any atom is 0.305 e. The summed E-state index contributed by atoms with van der Waals surface area (Å²) in [6, 6.07) is 3.07. The quantitative estimate of drug-likeness (QED) is 0.659. The first kappa shape index (κ1) is 15.1. The lowest BCUT2D eigenvalue weighted by atomic mass is 10.0. The summed E-state index contributed by atoms with van der Waals surface area (Å²) in [4.78, 5) is 21.7. The van der Waals surface area contributed by atoms with Crippen LogP contribution in [0.5, 0.6) is 0 Å². The molecule has 0 aromatic heterocycles. The Morgan fingerprint density at radius 1 is 1.47 bits per heavy atom. The van der Waals surface area contributed by atoms with Crippen molar-refractivity contribution in [3.63, 3.8) is 0 Å². The predicted molar refractivity (Wildman–Crippen MR) is 69.4 cm³/mol. The van der Waals surface area contributed by atoms with Crippen LogP contribution in [0.3, 0.4) is 0 Å². The summed E-state index contributed by atoms with van der Waals surface area (Å²) >= 11 is 0. The third-order valence-electron chi connectivity index (χ3n) is 3.26. The van der Waals surface area contributed by atoms with Gasteiger partial charge in [0, 0.05) is 17.7 Å². The fraction of sp³-hybridized carbons (Fsp3) is 0.462. The van der Waals surface area contributed by atoms with E-state index in [1.54, 1.807) is 0 Å². The molecule has 5 nitrogen and oxygen atoms in total. The number of hydrogen-bond acceptors (Lipinski definition) is 3. The Morgan fingerprint density at radius 3 is 2.63 bits per heavy atom. The van der Waals surface area contributed by atoms with E-state index in [9.17, 15) is 19.3 Å². The lowest BCUT2D eigenvalue weighted by Crippen LogP contribution is -2.36. The summed E-state index contributed by atoms with van der Waals surface area (Å²) in [5, 5.41) is 13.4. The van der Waals surface area contributed by atoms with E-state index >= 15 is 0 Å². The SMILES string of the molecule is CCC(C)C(C)NC(=O)c1ccc(F)c([N+](=O)[O-])c1. The molecule has 0 saturated heterocycles. The Bertz CT molecular complexity index is 491. The first-order valence-electron chi connectivity index (χ1n) is 6.11. The Hall–Kier alpha value is -1.98. The number of halogens is 1. The highest BCUT2D eigenvalue weighted by molar-refractivity contribution is 5.95. The van der Waals surface area contributed by atoms with Gasteiger partial charge < -0.3 is 5.32 Å². The second-order valence-electron chi connectivity index (χ2n) is 4.57. The van der Waals surface area contributed by atoms with E-state index in [4.69, 9.17) is 0 Å². The van der Waals surface area contributed by atoms with E-state index in [1.165, 1.54) is 6.07 Å². The molecule has 1 amide bonds. The van der Waals surface area contributed by atoms with Crippen molar-refractivity contribution in [2.45, 2.75) is 33.2 Å². The van der Waals surface area contributed by atoms with Crippen LogP contribution in [0.15, 0.2) is 18.2 Å². The van der Waals surface area contributed by atoms with Crippen LogP contribution in [-0.2, 0) is 0 Å². The van der Waals surface area contributed by atoms with Gasteiger partial charge in [-0.1, -0.05) is 20.3 Å². The summed E-state index contributed by atoms with van der Waals surface area (Å²) in [6.07, 6.45) is 0.908. The molecule has 0 radical (unpaired) electrons. The Labute approximate surface area is 111 Å². The zero-order chi connectivity index (χ0) is 14.6. The third kappa shape index (κ3) is 3.74. The average Bonchev–Trinajstić information content (AvgIpc) is 2.37. The first-order valence-corrected chi connectivity index (χ1v) is 6.11. The molecule has 2 atom stereocenters. The van der Waals surface area contributed by atoms with Crippen LogP contribution in [0.4, 0.5) is 10.1 Å². The Balaban J connectivity index is 2.89. The zero-order valence-electron chi connectivity index (χ0n) is 11.1. The van der Waals surface area contributed by atoms with E-state index in [1.807, 2.05) is 20.8 Å². The normalized spacial score (nSPS) is 13.7. The molecule has 1 rings (SSSR count). The van der Waals surface area contributed by atoms with Crippen molar-refractivity contribution in [3.8, 4) is 0 Å². The first-order chi connectivity index (χ1) is 8.86. The second-order valence-corrected chi connectivity index (χ2v) is 4.57. The predicted octanol–water partition coefficient (Wildman–Crippen LogP) is 2.90. The van der Waals surface area contributed by atoms with E-state index < -0.39 is 22.3 Å². The number of carbonyl (C=O) groups excluding carboxylic acids is 1. The molecule has 1 N–H and O–H groups in total. The van der Waals surface area contributed by atoms with E-state index in [0.717, 1.165) is 18.6 Å². The van der Waals surface area contributed by atoms with Gasteiger partial charge in [0.1, 0.15) is 0 Å². The minimum absolute atomic E-state index is 0.0541. The molecule has 0 heterocycles. The maximum absolute atomic E-state index is 13.2. The molecule has 1 aromatic carbocycles. The zero-order valence-corrected chi connectivity index (χ0v) is 11.1. The number of nitro groups is 1. The second kappa shape index (κ2) is 6.26. The van der Waals surface area contributed by atoms with Crippen molar-refractivity contribution in [2.24, 2.45) is 5.92 Å². The van der Waals surface area contributed by atoms with Gasteiger partial charge in [-0.15, -0.1) is 0 Å². The van der Waals surface area contributed by atoms with Gasteiger partial charge in [-0.2, -0.15) is 4.39 Å². The average molecular weight is 268 g/mol. The number of nitro benzene ring substituents is 1.